The number of carbonyl (C=O) groups excluding carboxylic acids is 4. The lowest BCUT2D eigenvalue weighted by Gasteiger charge is -2.29. The minimum Gasteiger partial charge on any atom is -0.362 e. The molecule has 1 atom stereocenters. The number of hydrogen-bond acceptors (Lipinski definition) is 6. The number of hydrogen-bond donors (Lipinski definition) is 2. The third-order valence-corrected chi connectivity index (χ3v) is 6.88. The fraction of sp³-hybridized carbons (Fsp3) is 0.375. The van der Waals surface area contributed by atoms with Gasteiger partial charge in [-0.3, -0.25) is 34.1 Å². The number of allylic oxidation sites excluding steroid dienone is 1. The monoisotopic (exact) mass is 445 g/mol. The summed E-state index contributed by atoms with van der Waals surface area (Å²) in [4.78, 5) is 50.3. The van der Waals surface area contributed by atoms with Gasteiger partial charge in [0.25, 0.3) is 11.8 Å². The molecule has 4 aliphatic rings. The lowest BCUT2D eigenvalue weighted by Crippen LogP contribution is -2.54. The van der Waals surface area contributed by atoms with E-state index in [4.69, 9.17) is 5.10 Å². The van der Waals surface area contributed by atoms with Gasteiger partial charge in [0.05, 0.1) is 22.9 Å². The molecule has 2 aromatic rings. The van der Waals surface area contributed by atoms with Crippen molar-refractivity contribution in [3.8, 4) is 0 Å². The number of imide groups is 2. The van der Waals surface area contributed by atoms with Crippen molar-refractivity contribution in [3.05, 3.63) is 59.1 Å². The van der Waals surface area contributed by atoms with E-state index in [1.165, 1.54) is 24.1 Å². The number of nitrogens with zero attached hydrogens (tertiary/aromatic N) is 3. The number of amides is 4. The summed E-state index contributed by atoms with van der Waals surface area (Å²) in [6.45, 7) is 0. The molecule has 3 fully saturated rings. The van der Waals surface area contributed by atoms with E-state index >= 15 is 0 Å². The number of anilines is 1. The largest absolute Gasteiger partial charge is 0.362 e. The van der Waals surface area contributed by atoms with Crippen molar-refractivity contribution < 1.29 is 19.2 Å². The normalized spacial score (nSPS) is 24.5. The molecule has 1 unspecified atom stereocenters. The van der Waals surface area contributed by atoms with Crippen LogP contribution in [0.2, 0.25) is 0 Å². The first kappa shape index (κ1) is 19.9. The lowest BCUT2D eigenvalue weighted by atomic mass is 9.87. The minimum atomic E-state index is -0.955. The Balaban J connectivity index is 1.12. The molecule has 2 N–H and O–H groups in total. The predicted molar refractivity (Wildman–Crippen MR) is 117 cm³/mol. The Bertz CT molecular complexity index is 1230. The number of piperidine rings is 1. The zero-order chi connectivity index (χ0) is 22.7. The van der Waals surface area contributed by atoms with E-state index in [1.807, 2.05) is 6.20 Å². The lowest BCUT2D eigenvalue weighted by molar-refractivity contribution is -0.136. The molecule has 3 heterocycles. The molecule has 33 heavy (non-hydrogen) atoms. The molecule has 1 aromatic heterocycles. The van der Waals surface area contributed by atoms with Crippen LogP contribution in [0.25, 0.3) is 0 Å². The van der Waals surface area contributed by atoms with E-state index in [2.05, 4.69) is 27.6 Å². The summed E-state index contributed by atoms with van der Waals surface area (Å²) in [6, 6.07) is 6.55. The van der Waals surface area contributed by atoms with Crippen LogP contribution >= 0.6 is 0 Å². The van der Waals surface area contributed by atoms with Crippen molar-refractivity contribution in [1.82, 2.24) is 20.0 Å². The highest BCUT2D eigenvalue weighted by Gasteiger charge is 2.44. The molecule has 0 radical (unpaired) electrons. The van der Waals surface area contributed by atoms with Crippen molar-refractivity contribution in [1.29, 1.82) is 0 Å². The van der Waals surface area contributed by atoms with E-state index in [0.29, 0.717) is 17.6 Å². The van der Waals surface area contributed by atoms with Gasteiger partial charge in [-0.1, -0.05) is 0 Å². The van der Waals surface area contributed by atoms with Crippen LogP contribution in [0.1, 0.15) is 76.9 Å². The van der Waals surface area contributed by atoms with Crippen LogP contribution in [0.5, 0.6) is 0 Å². The SMILES string of the molecule is O=C1CCC(N2C(=O)c3ccc(NC=C4CC(n5ccc(C6CC6)n5)C4)cc3C2=O)C(=O)N1. The third kappa shape index (κ3) is 3.44. The number of carbonyl (C=O) groups is 4. The van der Waals surface area contributed by atoms with Gasteiger partial charge in [0.2, 0.25) is 11.8 Å². The highest BCUT2D eigenvalue weighted by molar-refractivity contribution is 6.23. The third-order valence-electron chi connectivity index (χ3n) is 6.88. The second kappa shape index (κ2) is 7.40. The van der Waals surface area contributed by atoms with Crippen molar-refractivity contribution in [2.45, 2.75) is 56.5 Å². The van der Waals surface area contributed by atoms with Crippen LogP contribution in [0.15, 0.2) is 42.2 Å². The number of aromatic nitrogens is 2. The fourth-order valence-electron chi connectivity index (χ4n) is 4.75. The molecule has 9 heteroatoms. The van der Waals surface area contributed by atoms with Gasteiger partial charge in [-0.25, -0.2) is 0 Å². The molecular formula is C24H23N5O4. The van der Waals surface area contributed by atoms with Gasteiger partial charge in [0, 0.05) is 30.4 Å². The first-order valence-electron chi connectivity index (χ1n) is 11.3. The van der Waals surface area contributed by atoms with Crippen LogP contribution < -0.4 is 10.6 Å². The Morgan fingerprint density at radius 1 is 1.00 bits per heavy atom. The van der Waals surface area contributed by atoms with Crippen molar-refractivity contribution in [2.24, 2.45) is 0 Å². The van der Waals surface area contributed by atoms with Gasteiger partial charge < -0.3 is 5.32 Å². The molecular weight excluding hydrogens is 422 g/mol. The second-order valence-electron chi connectivity index (χ2n) is 9.21. The maximum atomic E-state index is 12.9. The van der Waals surface area contributed by atoms with E-state index < -0.39 is 23.8 Å². The Morgan fingerprint density at radius 2 is 1.79 bits per heavy atom. The highest BCUT2D eigenvalue weighted by atomic mass is 16.2. The first-order chi connectivity index (χ1) is 16.0. The average molecular weight is 445 g/mol. The minimum absolute atomic E-state index is 0.103. The predicted octanol–water partition coefficient (Wildman–Crippen LogP) is 2.49. The van der Waals surface area contributed by atoms with Gasteiger partial charge in [0.15, 0.2) is 0 Å². The summed E-state index contributed by atoms with van der Waals surface area (Å²) in [6.07, 6.45) is 8.60. The Labute approximate surface area is 189 Å². The standard InChI is InChI=1S/C24H23N5O4/c30-21-6-5-20(22(31)26-21)29-23(32)17-4-3-15(11-18(17)24(29)33)25-12-13-9-16(10-13)28-8-7-19(27-28)14-1-2-14/h3-4,7-8,11-12,14,16,20,25H,1-2,5-6,9-10H2,(H,26,30,31). The molecule has 1 aromatic carbocycles. The Hall–Kier alpha value is -3.75. The summed E-state index contributed by atoms with van der Waals surface area (Å²) in [5.41, 5.74) is 3.71. The van der Waals surface area contributed by atoms with E-state index in [-0.39, 0.29) is 29.9 Å². The zero-order valence-corrected chi connectivity index (χ0v) is 17.9. The number of rotatable bonds is 5. The Morgan fingerprint density at radius 3 is 2.55 bits per heavy atom. The summed E-state index contributed by atoms with van der Waals surface area (Å²) < 4.78 is 2.06. The van der Waals surface area contributed by atoms with E-state index in [1.54, 1.807) is 18.2 Å². The van der Waals surface area contributed by atoms with Gasteiger partial charge in [-0.15, -0.1) is 0 Å². The van der Waals surface area contributed by atoms with Crippen molar-refractivity contribution in [3.63, 3.8) is 0 Å². The summed E-state index contributed by atoms with van der Waals surface area (Å²) in [5, 5.41) is 10.1. The molecule has 168 valence electrons. The topological polar surface area (TPSA) is 113 Å². The van der Waals surface area contributed by atoms with E-state index in [0.717, 1.165) is 17.7 Å². The van der Waals surface area contributed by atoms with Crippen LogP contribution in [-0.2, 0) is 9.59 Å². The smallest absolute Gasteiger partial charge is 0.262 e. The number of fused-ring (bicyclic) bond motifs is 1. The summed E-state index contributed by atoms with van der Waals surface area (Å²) in [5.74, 6) is -1.34. The fourth-order valence-corrected chi connectivity index (χ4v) is 4.75. The van der Waals surface area contributed by atoms with Gasteiger partial charge in [0.1, 0.15) is 6.04 Å². The molecule has 0 spiro atoms. The van der Waals surface area contributed by atoms with Crippen LogP contribution in [-0.4, -0.2) is 44.4 Å². The second-order valence-corrected chi connectivity index (χ2v) is 9.21. The molecule has 6 rings (SSSR count). The number of benzene rings is 1. The molecule has 0 bridgehead atoms. The summed E-state index contributed by atoms with van der Waals surface area (Å²) in [7, 11) is 0. The zero-order valence-electron chi connectivity index (χ0n) is 17.9. The molecule has 2 aliphatic heterocycles. The van der Waals surface area contributed by atoms with Crippen molar-refractivity contribution in [2.75, 3.05) is 5.32 Å². The molecule has 9 nitrogen and oxygen atoms in total. The average Bonchev–Trinajstić information content (AvgIpc) is 3.46. The van der Waals surface area contributed by atoms with Gasteiger partial charge >= 0.3 is 0 Å². The molecule has 1 saturated heterocycles. The van der Waals surface area contributed by atoms with Crippen LogP contribution in [0.3, 0.4) is 0 Å². The van der Waals surface area contributed by atoms with Crippen LogP contribution in [0, 0.1) is 0 Å². The van der Waals surface area contributed by atoms with Crippen LogP contribution in [0.4, 0.5) is 5.69 Å². The van der Waals surface area contributed by atoms with Gasteiger partial charge in [-0.2, -0.15) is 5.10 Å². The molecule has 4 amide bonds. The molecule has 2 aliphatic carbocycles. The molecule has 2 saturated carbocycles. The maximum Gasteiger partial charge on any atom is 0.262 e. The van der Waals surface area contributed by atoms with Crippen molar-refractivity contribution >= 4 is 29.3 Å². The van der Waals surface area contributed by atoms with Gasteiger partial charge in [-0.05, 0) is 61.9 Å². The first-order valence-corrected chi connectivity index (χ1v) is 11.3. The Kier molecular flexibility index (Phi) is 4.46. The number of nitrogens with one attached hydrogen (secondary N) is 2. The van der Waals surface area contributed by atoms with E-state index in [9.17, 15) is 19.2 Å². The maximum absolute atomic E-state index is 12.9. The highest BCUT2D eigenvalue weighted by Crippen LogP contribution is 2.41. The quantitative estimate of drug-likeness (QED) is 0.684. The summed E-state index contributed by atoms with van der Waals surface area (Å²) >= 11 is 0.